The van der Waals surface area contributed by atoms with Gasteiger partial charge >= 0.3 is 5.88 Å². The maximum absolute atomic E-state index is 12.6. The van der Waals surface area contributed by atoms with Crippen LogP contribution in [0.5, 0.6) is 11.5 Å². The first-order valence-corrected chi connectivity index (χ1v) is 12.1. The molecule has 4 aromatic rings. The molecule has 0 aliphatic rings. The SMILES string of the molecule is COc1ccc(OC)c(-c2cc(-c3ccccc3)nc(SC/C([O-])=N\c3c[n+](N(C)C)no3)c2C#N)c1. The second-order valence-corrected chi connectivity index (χ2v) is 8.85. The Bertz CT molecular complexity index is 1460. The zero-order valence-electron chi connectivity index (χ0n) is 20.7. The van der Waals surface area contributed by atoms with Crippen molar-refractivity contribution in [1.29, 1.82) is 5.26 Å². The van der Waals surface area contributed by atoms with E-state index < -0.39 is 5.90 Å². The molecule has 2 heterocycles. The summed E-state index contributed by atoms with van der Waals surface area (Å²) in [4.78, 5) is 10.1. The summed E-state index contributed by atoms with van der Waals surface area (Å²) in [5.74, 6) is 0.750. The molecule has 37 heavy (non-hydrogen) atoms. The van der Waals surface area contributed by atoms with E-state index in [1.54, 1.807) is 45.5 Å². The summed E-state index contributed by atoms with van der Waals surface area (Å²) in [5.41, 5.74) is 3.11. The van der Waals surface area contributed by atoms with Crippen molar-refractivity contribution in [3.63, 3.8) is 0 Å². The van der Waals surface area contributed by atoms with E-state index in [9.17, 15) is 10.4 Å². The van der Waals surface area contributed by atoms with E-state index in [0.717, 1.165) is 17.3 Å². The van der Waals surface area contributed by atoms with E-state index >= 15 is 0 Å². The Morgan fingerprint density at radius 2 is 1.92 bits per heavy atom. The van der Waals surface area contributed by atoms with Crippen LogP contribution in [-0.2, 0) is 0 Å². The van der Waals surface area contributed by atoms with Gasteiger partial charge in [-0.25, -0.2) is 9.98 Å². The number of aromatic nitrogens is 3. The van der Waals surface area contributed by atoms with Crippen LogP contribution in [-0.4, -0.2) is 50.2 Å². The fourth-order valence-electron chi connectivity index (χ4n) is 3.48. The first kappa shape index (κ1) is 25.5. The normalized spacial score (nSPS) is 11.2. The van der Waals surface area contributed by atoms with Crippen molar-refractivity contribution >= 4 is 23.5 Å². The topological polar surface area (TPSA) is 124 Å². The van der Waals surface area contributed by atoms with E-state index in [-0.39, 0.29) is 11.6 Å². The lowest BCUT2D eigenvalue weighted by molar-refractivity contribution is -0.753. The molecule has 0 aliphatic heterocycles. The van der Waals surface area contributed by atoms with Crippen molar-refractivity contribution in [2.45, 2.75) is 5.03 Å². The summed E-state index contributed by atoms with van der Waals surface area (Å²) >= 11 is 1.12. The lowest BCUT2D eigenvalue weighted by Crippen LogP contribution is -2.53. The first-order chi connectivity index (χ1) is 17.9. The highest BCUT2D eigenvalue weighted by Gasteiger charge is 2.19. The lowest BCUT2D eigenvalue weighted by atomic mass is 9.98. The highest BCUT2D eigenvalue weighted by atomic mass is 32.2. The highest BCUT2D eigenvalue weighted by molar-refractivity contribution is 8.00. The molecule has 2 aromatic heterocycles. The van der Waals surface area contributed by atoms with Gasteiger partial charge in [0.1, 0.15) is 22.6 Å². The van der Waals surface area contributed by atoms with Gasteiger partial charge < -0.3 is 14.6 Å². The molecule has 0 bridgehead atoms. The van der Waals surface area contributed by atoms with Crippen LogP contribution in [0.3, 0.4) is 0 Å². The van der Waals surface area contributed by atoms with Gasteiger partial charge in [-0.2, -0.15) is 10.3 Å². The van der Waals surface area contributed by atoms with E-state index in [1.165, 1.54) is 11.0 Å². The van der Waals surface area contributed by atoms with Crippen molar-refractivity contribution in [2.75, 3.05) is 39.1 Å². The Hall–Kier alpha value is -4.56. The summed E-state index contributed by atoms with van der Waals surface area (Å²) < 4.78 is 16.1. The number of benzene rings is 2. The molecule has 0 aliphatic carbocycles. The highest BCUT2D eigenvalue weighted by Crippen LogP contribution is 2.39. The van der Waals surface area contributed by atoms with Gasteiger partial charge in [0.2, 0.25) is 5.27 Å². The van der Waals surface area contributed by atoms with Crippen molar-refractivity contribution in [3.8, 4) is 40.0 Å². The van der Waals surface area contributed by atoms with Crippen LogP contribution in [0.2, 0.25) is 0 Å². The van der Waals surface area contributed by atoms with Gasteiger partial charge in [-0.05, 0) is 30.2 Å². The quantitative estimate of drug-likeness (QED) is 0.143. The molecule has 0 atom stereocenters. The van der Waals surface area contributed by atoms with E-state index in [1.807, 2.05) is 42.5 Å². The fraction of sp³-hybridized carbons (Fsp3) is 0.192. The third-order valence-electron chi connectivity index (χ3n) is 5.29. The number of aliphatic imine (C=N–C) groups is 1. The summed E-state index contributed by atoms with van der Waals surface area (Å²) in [7, 11) is 6.68. The van der Waals surface area contributed by atoms with E-state index in [2.05, 4.69) is 16.3 Å². The van der Waals surface area contributed by atoms with Crippen LogP contribution in [0.15, 0.2) is 75.3 Å². The summed E-state index contributed by atoms with van der Waals surface area (Å²) in [6.07, 6.45) is 1.49. The van der Waals surface area contributed by atoms with Crippen molar-refractivity contribution < 1.29 is 23.9 Å². The molecule has 0 amide bonds. The van der Waals surface area contributed by atoms with Crippen molar-refractivity contribution in [2.24, 2.45) is 4.99 Å². The predicted molar refractivity (Wildman–Crippen MR) is 138 cm³/mol. The summed E-state index contributed by atoms with van der Waals surface area (Å²) in [6, 6.07) is 19.1. The summed E-state index contributed by atoms with van der Waals surface area (Å²) in [5, 5.41) is 28.6. The van der Waals surface area contributed by atoms with Crippen LogP contribution in [0.1, 0.15) is 5.56 Å². The number of hydrogen-bond acceptors (Lipinski definition) is 10. The minimum atomic E-state index is -0.455. The average molecular weight is 517 g/mol. The third kappa shape index (κ3) is 5.82. The fourth-order valence-corrected chi connectivity index (χ4v) is 4.27. The minimum Gasteiger partial charge on any atom is -0.861 e. The maximum atomic E-state index is 12.6. The second kappa shape index (κ2) is 11.5. The van der Waals surface area contributed by atoms with Crippen molar-refractivity contribution in [3.05, 3.63) is 66.4 Å². The molecule has 0 unspecified atom stereocenters. The molecular weight excluding hydrogens is 492 g/mol. The van der Waals surface area contributed by atoms with Crippen LogP contribution in [0, 0.1) is 11.3 Å². The Kier molecular flexibility index (Phi) is 7.90. The Morgan fingerprint density at radius 1 is 1.14 bits per heavy atom. The Morgan fingerprint density at radius 3 is 2.57 bits per heavy atom. The molecule has 2 aromatic carbocycles. The molecular formula is C26H24N6O4S. The molecule has 0 N–H and O–H groups in total. The number of hydrogen-bond donors (Lipinski definition) is 0. The summed E-state index contributed by atoms with van der Waals surface area (Å²) in [6.45, 7) is 0. The molecule has 10 nitrogen and oxygen atoms in total. The standard InChI is InChI=1S/C26H24N6O4S/c1-31(2)32-15-25(36-30-32)29-24(33)16-37-26-21(14-27)19(13-22(28-26)17-8-6-5-7-9-17)20-12-18(34-3)10-11-23(20)35-4/h5-13,15H,16H2,1-4H3. The van der Waals surface area contributed by atoms with Gasteiger partial charge in [-0.1, -0.05) is 42.1 Å². The number of rotatable bonds is 9. The van der Waals surface area contributed by atoms with Gasteiger partial charge in [-0.3, -0.25) is 4.52 Å². The van der Waals surface area contributed by atoms with E-state index in [0.29, 0.717) is 38.9 Å². The molecule has 4 rings (SSSR count). The largest absolute Gasteiger partial charge is 0.861 e. The molecule has 188 valence electrons. The zero-order chi connectivity index (χ0) is 26.4. The number of nitrogens with zero attached hydrogens (tertiary/aromatic N) is 6. The molecule has 0 fully saturated rings. The molecule has 11 heteroatoms. The van der Waals surface area contributed by atoms with Crippen LogP contribution >= 0.6 is 11.8 Å². The van der Waals surface area contributed by atoms with Crippen LogP contribution in [0.4, 0.5) is 5.88 Å². The lowest BCUT2D eigenvalue weighted by Gasteiger charge is -2.16. The van der Waals surface area contributed by atoms with Gasteiger partial charge in [0, 0.05) is 22.4 Å². The van der Waals surface area contributed by atoms with Gasteiger partial charge in [0.25, 0.3) is 6.20 Å². The molecule has 0 saturated heterocycles. The van der Waals surface area contributed by atoms with Crippen LogP contribution < -0.4 is 24.4 Å². The first-order valence-electron chi connectivity index (χ1n) is 11.1. The third-order valence-corrected chi connectivity index (χ3v) is 6.25. The smallest absolute Gasteiger partial charge is 0.324 e. The van der Waals surface area contributed by atoms with Gasteiger partial charge in [0.15, 0.2) is 0 Å². The zero-order valence-corrected chi connectivity index (χ0v) is 21.5. The molecule has 0 saturated carbocycles. The second-order valence-electron chi connectivity index (χ2n) is 7.88. The molecule has 0 spiro atoms. The molecule has 0 radical (unpaired) electrons. The minimum absolute atomic E-state index is 0.0583. The van der Waals surface area contributed by atoms with Crippen LogP contribution in [0.25, 0.3) is 22.4 Å². The Labute approximate surface area is 218 Å². The number of methoxy groups -OCH3 is 2. The predicted octanol–water partition coefficient (Wildman–Crippen LogP) is 2.96. The van der Waals surface area contributed by atoms with Gasteiger partial charge in [0.05, 0.1) is 44.4 Å². The number of pyridine rings is 1. The number of nitriles is 1. The average Bonchev–Trinajstić information content (AvgIpc) is 3.40. The monoisotopic (exact) mass is 516 g/mol. The number of ether oxygens (including phenoxy) is 2. The van der Waals surface area contributed by atoms with Gasteiger partial charge in [-0.15, -0.1) is 0 Å². The van der Waals surface area contributed by atoms with Crippen molar-refractivity contribution in [1.82, 2.24) is 10.3 Å². The van der Waals surface area contributed by atoms with E-state index in [4.69, 9.17) is 19.0 Å². The maximum Gasteiger partial charge on any atom is 0.324 e. The number of thioether (sulfide) groups is 1. The Balaban J connectivity index is 1.77.